The van der Waals surface area contributed by atoms with E-state index in [-0.39, 0.29) is 0 Å². The SMILES string of the molecule is FC(F)Sc1ccc(NC(=S)NCc2cccnc2)cc1. The molecule has 21 heavy (non-hydrogen) atoms. The van der Waals surface area contributed by atoms with Gasteiger partial charge in [-0.1, -0.05) is 17.8 Å². The normalized spacial score (nSPS) is 10.4. The number of nitrogens with zero attached hydrogens (tertiary/aromatic N) is 1. The van der Waals surface area contributed by atoms with Crippen molar-refractivity contribution in [1.82, 2.24) is 10.3 Å². The number of nitrogens with one attached hydrogen (secondary N) is 2. The van der Waals surface area contributed by atoms with Gasteiger partial charge in [0.1, 0.15) is 0 Å². The first-order chi connectivity index (χ1) is 10.1. The number of benzene rings is 1. The van der Waals surface area contributed by atoms with Crippen LogP contribution < -0.4 is 10.6 Å². The second-order valence-corrected chi connectivity index (χ2v) is 5.54. The molecule has 0 saturated heterocycles. The number of thioether (sulfide) groups is 1. The highest BCUT2D eigenvalue weighted by Gasteiger charge is 2.05. The maximum absolute atomic E-state index is 12.2. The van der Waals surface area contributed by atoms with E-state index in [1.807, 2.05) is 12.1 Å². The van der Waals surface area contributed by atoms with Crippen LogP contribution in [0.2, 0.25) is 0 Å². The molecular formula is C14H13F2N3S2. The van der Waals surface area contributed by atoms with Crippen molar-refractivity contribution < 1.29 is 8.78 Å². The van der Waals surface area contributed by atoms with Crippen LogP contribution >= 0.6 is 24.0 Å². The van der Waals surface area contributed by atoms with Gasteiger partial charge in [-0.2, -0.15) is 8.78 Å². The minimum Gasteiger partial charge on any atom is -0.358 e. The number of pyridine rings is 1. The van der Waals surface area contributed by atoms with Crippen molar-refractivity contribution in [2.45, 2.75) is 17.2 Å². The highest BCUT2D eigenvalue weighted by Crippen LogP contribution is 2.26. The van der Waals surface area contributed by atoms with Gasteiger partial charge in [0.05, 0.1) is 0 Å². The molecule has 7 heteroatoms. The summed E-state index contributed by atoms with van der Waals surface area (Å²) < 4.78 is 24.4. The molecule has 0 aliphatic heterocycles. The van der Waals surface area contributed by atoms with Gasteiger partial charge in [-0.3, -0.25) is 4.98 Å². The summed E-state index contributed by atoms with van der Waals surface area (Å²) in [7, 11) is 0. The molecule has 1 heterocycles. The lowest BCUT2D eigenvalue weighted by atomic mass is 10.3. The number of halogens is 2. The van der Waals surface area contributed by atoms with Gasteiger partial charge in [-0.25, -0.2) is 0 Å². The van der Waals surface area contributed by atoms with Gasteiger partial charge >= 0.3 is 0 Å². The molecule has 1 aromatic heterocycles. The Morgan fingerprint density at radius 1 is 1.24 bits per heavy atom. The van der Waals surface area contributed by atoms with Crippen LogP contribution in [0.25, 0.3) is 0 Å². The van der Waals surface area contributed by atoms with Gasteiger partial charge in [-0.15, -0.1) is 0 Å². The van der Waals surface area contributed by atoms with E-state index < -0.39 is 5.76 Å². The Hall–Kier alpha value is -1.73. The Balaban J connectivity index is 1.82. The van der Waals surface area contributed by atoms with E-state index in [9.17, 15) is 8.78 Å². The standard InChI is InChI=1S/C14H13F2N3S2/c15-13(16)21-12-5-3-11(4-6-12)19-14(20)18-9-10-2-1-7-17-8-10/h1-8,13H,9H2,(H2,18,19,20). The summed E-state index contributed by atoms with van der Waals surface area (Å²) in [4.78, 5) is 4.53. The highest BCUT2D eigenvalue weighted by molar-refractivity contribution is 7.99. The number of rotatable bonds is 5. The number of aromatic nitrogens is 1. The van der Waals surface area contributed by atoms with Crippen molar-refractivity contribution in [2.75, 3.05) is 5.32 Å². The minimum atomic E-state index is -2.41. The Morgan fingerprint density at radius 2 is 2.00 bits per heavy atom. The third-order valence-electron chi connectivity index (χ3n) is 2.51. The summed E-state index contributed by atoms with van der Waals surface area (Å²) in [6.45, 7) is 0.568. The summed E-state index contributed by atoms with van der Waals surface area (Å²) in [5, 5.41) is 6.51. The first-order valence-corrected chi connectivity index (χ1v) is 7.41. The average molecular weight is 325 g/mol. The van der Waals surface area contributed by atoms with Gasteiger partial charge < -0.3 is 10.6 Å². The molecule has 0 saturated carbocycles. The first-order valence-electron chi connectivity index (χ1n) is 6.12. The molecule has 0 spiro atoms. The highest BCUT2D eigenvalue weighted by atomic mass is 32.2. The fourth-order valence-electron chi connectivity index (χ4n) is 1.58. The molecule has 0 radical (unpaired) electrons. The number of hydrogen-bond acceptors (Lipinski definition) is 3. The molecule has 2 aromatic rings. The van der Waals surface area contributed by atoms with Crippen LogP contribution in [0.5, 0.6) is 0 Å². The van der Waals surface area contributed by atoms with E-state index in [2.05, 4.69) is 15.6 Å². The number of thiocarbonyl (C=S) groups is 1. The molecule has 0 amide bonds. The fraction of sp³-hybridized carbons (Fsp3) is 0.143. The quantitative estimate of drug-likeness (QED) is 0.644. The molecule has 0 bridgehead atoms. The minimum absolute atomic E-state index is 0.466. The third kappa shape index (κ3) is 5.65. The van der Waals surface area contributed by atoms with E-state index in [1.54, 1.807) is 36.7 Å². The Bertz CT molecular complexity index is 577. The lowest BCUT2D eigenvalue weighted by Gasteiger charge is -2.10. The summed E-state index contributed by atoms with van der Waals surface area (Å²) in [5.74, 6) is -2.41. The predicted molar refractivity (Wildman–Crippen MR) is 85.6 cm³/mol. The zero-order chi connectivity index (χ0) is 15.1. The summed E-state index contributed by atoms with van der Waals surface area (Å²) >= 11 is 5.69. The van der Waals surface area contributed by atoms with Gasteiger partial charge in [0, 0.05) is 29.5 Å². The number of anilines is 1. The monoisotopic (exact) mass is 325 g/mol. The first kappa shape index (κ1) is 15.7. The largest absolute Gasteiger partial charge is 0.358 e. The topological polar surface area (TPSA) is 37.0 Å². The van der Waals surface area contributed by atoms with Gasteiger partial charge in [0.15, 0.2) is 5.11 Å². The molecule has 3 nitrogen and oxygen atoms in total. The van der Waals surface area contributed by atoms with Crippen LogP contribution in [-0.2, 0) is 6.54 Å². The molecule has 1 aromatic carbocycles. The van der Waals surface area contributed by atoms with E-state index in [0.717, 1.165) is 11.3 Å². The van der Waals surface area contributed by atoms with Crippen LogP contribution in [-0.4, -0.2) is 15.9 Å². The maximum Gasteiger partial charge on any atom is 0.288 e. The molecule has 0 aliphatic carbocycles. The Morgan fingerprint density at radius 3 is 2.62 bits per heavy atom. The molecule has 0 atom stereocenters. The second kappa shape index (κ2) is 7.90. The predicted octanol–water partition coefficient (Wildman–Crippen LogP) is 3.88. The van der Waals surface area contributed by atoms with Crippen LogP contribution in [0.1, 0.15) is 5.56 Å². The van der Waals surface area contributed by atoms with Gasteiger partial charge in [0.2, 0.25) is 0 Å². The molecule has 0 fully saturated rings. The summed E-state index contributed by atoms with van der Waals surface area (Å²) in [5.41, 5.74) is 1.77. The summed E-state index contributed by atoms with van der Waals surface area (Å²) in [6.07, 6.45) is 3.46. The second-order valence-electron chi connectivity index (χ2n) is 4.07. The van der Waals surface area contributed by atoms with E-state index in [0.29, 0.717) is 28.3 Å². The van der Waals surface area contributed by atoms with Crippen molar-refractivity contribution >= 4 is 34.8 Å². The van der Waals surface area contributed by atoms with E-state index >= 15 is 0 Å². The lowest BCUT2D eigenvalue weighted by Crippen LogP contribution is -2.27. The smallest absolute Gasteiger partial charge is 0.288 e. The van der Waals surface area contributed by atoms with Crippen LogP contribution in [0.3, 0.4) is 0 Å². The van der Waals surface area contributed by atoms with E-state index in [1.165, 1.54) is 0 Å². The van der Waals surface area contributed by atoms with Crippen LogP contribution in [0.15, 0.2) is 53.7 Å². The fourth-order valence-corrected chi connectivity index (χ4v) is 2.27. The van der Waals surface area contributed by atoms with Crippen LogP contribution in [0, 0.1) is 0 Å². The Kier molecular flexibility index (Phi) is 5.89. The molecule has 0 aliphatic rings. The Labute approximate surface area is 131 Å². The molecule has 2 rings (SSSR count). The van der Waals surface area contributed by atoms with Crippen molar-refractivity contribution in [2.24, 2.45) is 0 Å². The van der Waals surface area contributed by atoms with Gasteiger partial charge in [0.25, 0.3) is 5.76 Å². The van der Waals surface area contributed by atoms with E-state index in [4.69, 9.17) is 12.2 Å². The lowest BCUT2D eigenvalue weighted by molar-refractivity contribution is 0.252. The van der Waals surface area contributed by atoms with Crippen molar-refractivity contribution in [3.63, 3.8) is 0 Å². The van der Waals surface area contributed by atoms with Crippen molar-refractivity contribution in [3.8, 4) is 0 Å². The zero-order valence-electron chi connectivity index (χ0n) is 10.9. The molecule has 0 unspecified atom stereocenters. The van der Waals surface area contributed by atoms with Crippen LogP contribution in [0.4, 0.5) is 14.5 Å². The molecule has 2 N–H and O–H groups in total. The maximum atomic E-state index is 12.2. The van der Waals surface area contributed by atoms with Crippen molar-refractivity contribution in [1.29, 1.82) is 0 Å². The summed E-state index contributed by atoms with van der Waals surface area (Å²) in [6, 6.07) is 10.5. The number of hydrogen-bond donors (Lipinski definition) is 2. The zero-order valence-corrected chi connectivity index (χ0v) is 12.6. The van der Waals surface area contributed by atoms with Gasteiger partial charge in [-0.05, 0) is 48.1 Å². The number of alkyl halides is 2. The molecular weight excluding hydrogens is 312 g/mol. The van der Waals surface area contributed by atoms with Crippen molar-refractivity contribution in [3.05, 3.63) is 54.4 Å². The third-order valence-corrected chi connectivity index (χ3v) is 3.48. The average Bonchev–Trinajstić information content (AvgIpc) is 2.48. The molecule has 110 valence electrons.